The molecule has 0 aliphatic rings. The molecule has 7 nitrogen and oxygen atoms in total. The quantitative estimate of drug-likeness (QED) is 0.696. The van der Waals surface area contributed by atoms with Gasteiger partial charge in [-0.25, -0.2) is 23.1 Å². The minimum Gasteiger partial charge on any atom is -0.497 e. The van der Waals surface area contributed by atoms with Crippen LogP contribution in [0.4, 0.5) is 0 Å². The third-order valence-corrected chi connectivity index (χ3v) is 5.23. The van der Waals surface area contributed by atoms with E-state index in [4.69, 9.17) is 4.74 Å². The summed E-state index contributed by atoms with van der Waals surface area (Å²) in [6.45, 7) is 2.24. The highest BCUT2D eigenvalue weighted by Gasteiger charge is 2.15. The number of hydrogen-bond donors (Lipinski definition) is 1. The normalized spacial score (nSPS) is 11.8. The van der Waals surface area contributed by atoms with E-state index >= 15 is 0 Å². The van der Waals surface area contributed by atoms with Gasteiger partial charge in [-0.1, -0.05) is 12.1 Å². The van der Waals surface area contributed by atoms with E-state index in [0.29, 0.717) is 12.4 Å². The number of sulfonamides is 1. The number of ether oxygens (including phenoxy) is 1. The minimum absolute atomic E-state index is 0.0291. The number of pyridine rings is 1. The first-order valence-corrected chi connectivity index (χ1v) is 9.58. The van der Waals surface area contributed by atoms with Gasteiger partial charge in [0, 0.05) is 6.20 Å². The largest absolute Gasteiger partial charge is 0.497 e. The van der Waals surface area contributed by atoms with Gasteiger partial charge in [0.05, 0.1) is 26.0 Å². The van der Waals surface area contributed by atoms with Gasteiger partial charge in [0.1, 0.15) is 17.1 Å². The van der Waals surface area contributed by atoms with Gasteiger partial charge in [0.15, 0.2) is 5.65 Å². The van der Waals surface area contributed by atoms with Crippen LogP contribution in [0.25, 0.3) is 11.2 Å². The van der Waals surface area contributed by atoms with Gasteiger partial charge in [-0.3, -0.25) is 0 Å². The van der Waals surface area contributed by atoms with Crippen LogP contribution >= 0.6 is 0 Å². The van der Waals surface area contributed by atoms with Crippen LogP contribution in [0.3, 0.4) is 0 Å². The summed E-state index contributed by atoms with van der Waals surface area (Å²) in [6.07, 6.45) is 1.70. The number of aromatic nitrogens is 3. The molecule has 0 bridgehead atoms. The summed E-state index contributed by atoms with van der Waals surface area (Å²) in [7, 11) is -1.68. The molecule has 0 aliphatic carbocycles. The van der Waals surface area contributed by atoms with E-state index in [-0.39, 0.29) is 12.3 Å². The Morgan fingerprint density at radius 3 is 2.84 bits per heavy atom. The topological polar surface area (TPSA) is 86.1 Å². The predicted molar refractivity (Wildman–Crippen MR) is 95.9 cm³/mol. The molecule has 1 aromatic carbocycles. The van der Waals surface area contributed by atoms with E-state index in [1.54, 1.807) is 20.2 Å². The fraction of sp³-hybridized carbons (Fsp3) is 0.294. The molecule has 0 atom stereocenters. The van der Waals surface area contributed by atoms with Gasteiger partial charge in [0.25, 0.3) is 0 Å². The highest BCUT2D eigenvalue weighted by Crippen LogP contribution is 2.19. The van der Waals surface area contributed by atoms with Crippen LogP contribution in [0.2, 0.25) is 0 Å². The third-order valence-electron chi connectivity index (χ3n) is 3.89. The summed E-state index contributed by atoms with van der Waals surface area (Å²) in [4.78, 5) is 8.93. The van der Waals surface area contributed by atoms with Crippen LogP contribution in [0, 0.1) is 0 Å². The lowest BCUT2D eigenvalue weighted by Crippen LogP contribution is -2.26. The molecule has 1 N–H and O–H groups in total. The van der Waals surface area contributed by atoms with Crippen LogP contribution < -0.4 is 9.46 Å². The Morgan fingerprint density at radius 2 is 2.08 bits per heavy atom. The second kappa shape index (κ2) is 7.20. The molecule has 0 radical (unpaired) electrons. The molecule has 3 aromatic rings. The number of benzene rings is 1. The predicted octanol–water partition coefficient (Wildman–Crippen LogP) is 1.93. The van der Waals surface area contributed by atoms with Crippen molar-refractivity contribution < 1.29 is 13.2 Å². The average molecular weight is 360 g/mol. The number of hydrogen-bond acceptors (Lipinski definition) is 5. The van der Waals surface area contributed by atoms with Crippen LogP contribution in [0.15, 0.2) is 42.6 Å². The van der Waals surface area contributed by atoms with Crippen molar-refractivity contribution in [1.82, 2.24) is 19.3 Å². The summed E-state index contributed by atoms with van der Waals surface area (Å²) in [5.74, 6) is 1.41. The molecule has 2 aromatic heterocycles. The summed E-state index contributed by atoms with van der Waals surface area (Å²) in [6, 6.07) is 11.4. The summed E-state index contributed by atoms with van der Waals surface area (Å²) < 4.78 is 33.3. The van der Waals surface area contributed by atoms with Gasteiger partial charge in [-0.2, -0.15) is 0 Å². The van der Waals surface area contributed by atoms with Gasteiger partial charge in [-0.15, -0.1) is 0 Å². The number of nitrogens with zero attached hydrogens (tertiary/aromatic N) is 3. The molecule has 0 saturated heterocycles. The van der Waals surface area contributed by atoms with E-state index < -0.39 is 10.0 Å². The monoisotopic (exact) mass is 360 g/mol. The second-order valence-corrected chi connectivity index (χ2v) is 7.63. The zero-order valence-electron chi connectivity index (χ0n) is 14.1. The van der Waals surface area contributed by atoms with Gasteiger partial charge in [0.2, 0.25) is 10.0 Å². The molecule has 0 spiro atoms. The number of methoxy groups -OCH3 is 1. The fourth-order valence-electron chi connectivity index (χ4n) is 2.54. The Kier molecular flexibility index (Phi) is 5.00. The maximum absolute atomic E-state index is 11.8. The summed E-state index contributed by atoms with van der Waals surface area (Å²) in [5.41, 5.74) is 2.47. The molecule has 0 amide bonds. The van der Waals surface area contributed by atoms with Crippen molar-refractivity contribution in [2.75, 3.05) is 12.9 Å². The molecule has 0 aliphatic heterocycles. The van der Waals surface area contributed by atoms with Crippen molar-refractivity contribution in [3.8, 4) is 5.75 Å². The number of rotatable bonds is 7. The van der Waals surface area contributed by atoms with Crippen molar-refractivity contribution >= 4 is 21.2 Å². The molecular formula is C17H20N4O3S. The van der Waals surface area contributed by atoms with Gasteiger partial charge < -0.3 is 9.30 Å². The molecule has 3 rings (SSSR count). The minimum atomic E-state index is -3.30. The summed E-state index contributed by atoms with van der Waals surface area (Å²) >= 11 is 0. The zero-order chi connectivity index (χ0) is 17.9. The number of imidazole rings is 1. The van der Waals surface area contributed by atoms with E-state index in [1.807, 2.05) is 41.0 Å². The van der Waals surface area contributed by atoms with Crippen molar-refractivity contribution in [1.29, 1.82) is 0 Å². The first-order chi connectivity index (χ1) is 12.0. The Bertz CT molecular complexity index is 982. The van der Waals surface area contributed by atoms with Crippen molar-refractivity contribution in [3.05, 3.63) is 54.0 Å². The SMILES string of the molecule is CCS(=O)(=O)NCc1nc2cccnc2n1Cc1cccc(OC)c1. The Labute approximate surface area is 146 Å². The molecule has 8 heteroatoms. The van der Waals surface area contributed by atoms with E-state index in [0.717, 1.165) is 22.5 Å². The molecule has 0 saturated carbocycles. The van der Waals surface area contributed by atoms with Crippen molar-refractivity contribution in [2.45, 2.75) is 20.0 Å². The second-order valence-electron chi connectivity index (χ2n) is 5.54. The van der Waals surface area contributed by atoms with Crippen LogP contribution in [0.5, 0.6) is 5.75 Å². The zero-order valence-corrected chi connectivity index (χ0v) is 15.0. The van der Waals surface area contributed by atoms with Crippen LogP contribution in [-0.2, 0) is 23.1 Å². The lowest BCUT2D eigenvalue weighted by atomic mass is 10.2. The maximum atomic E-state index is 11.8. The first kappa shape index (κ1) is 17.4. The molecule has 25 heavy (non-hydrogen) atoms. The van der Waals surface area contributed by atoms with Gasteiger partial charge >= 0.3 is 0 Å². The Hall–Kier alpha value is -2.45. The van der Waals surface area contributed by atoms with E-state index in [9.17, 15) is 8.42 Å². The first-order valence-electron chi connectivity index (χ1n) is 7.93. The Balaban J connectivity index is 1.98. The highest BCUT2D eigenvalue weighted by molar-refractivity contribution is 7.89. The molecule has 0 unspecified atom stereocenters. The lowest BCUT2D eigenvalue weighted by Gasteiger charge is -2.10. The fourth-order valence-corrected chi connectivity index (χ4v) is 3.09. The van der Waals surface area contributed by atoms with Crippen LogP contribution in [-0.4, -0.2) is 35.8 Å². The van der Waals surface area contributed by atoms with E-state index in [2.05, 4.69) is 14.7 Å². The molecule has 0 fully saturated rings. The third kappa shape index (κ3) is 3.97. The molecule has 2 heterocycles. The van der Waals surface area contributed by atoms with Crippen molar-refractivity contribution in [3.63, 3.8) is 0 Å². The standard InChI is InChI=1S/C17H20N4O3S/c1-3-25(22,23)19-11-16-20-15-8-5-9-18-17(15)21(16)12-13-6-4-7-14(10-13)24-2/h4-10,19H,3,11-12H2,1-2H3. The van der Waals surface area contributed by atoms with E-state index in [1.165, 1.54) is 0 Å². The smallest absolute Gasteiger partial charge is 0.211 e. The Morgan fingerprint density at radius 1 is 1.24 bits per heavy atom. The van der Waals surface area contributed by atoms with Gasteiger partial charge in [-0.05, 0) is 36.8 Å². The maximum Gasteiger partial charge on any atom is 0.211 e. The molecule has 132 valence electrons. The number of fused-ring (bicyclic) bond motifs is 1. The lowest BCUT2D eigenvalue weighted by molar-refractivity contribution is 0.414. The average Bonchev–Trinajstić information content (AvgIpc) is 2.98. The summed E-state index contributed by atoms with van der Waals surface area (Å²) in [5, 5.41) is 0. The van der Waals surface area contributed by atoms with Crippen molar-refractivity contribution in [2.24, 2.45) is 0 Å². The van der Waals surface area contributed by atoms with Crippen LogP contribution in [0.1, 0.15) is 18.3 Å². The molecular weight excluding hydrogens is 340 g/mol. The highest BCUT2D eigenvalue weighted by atomic mass is 32.2. The number of nitrogens with one attached hydrogen (secondary N) is 1.